The Morgan fingerprint density at radius 2 is 1.83 bits per heavy atom. The van der Waals surface area contributed by atoms with Gasteiger partial charge in [-0.1, -0.05) is 18.2 Å². The van der Waals surface area contributed by atoms with Crippen LogP contribution in [0.2, 0.25) is 0 Å². The van der Waals surface area contributed by atoms with Gasteiger partial charge in [-0.05, 0) is 38.1 Å². The van der Waals surface area contributed by atoms with Crippen LogP contribution in [-0.4, -0.2) is 72.6 Å². The Kier molecular flexibility index (Phi) is 8.79. The van der Waals surface area contributed by atoms with Crippen LogP contribution in [0, 0.1) is 0 Å². The molecule has 0 saturated carbocycles. The number of amides is 1. The molecule has 196 valence electrons. The summed E-state index contributed by atoms with van der Waals surface area (Å²) in [5, 5.41) is 3.38. The highest BCUT2D eigenvalue weighted by Gasteiger charge is 2.39. The number of nitrogens with two attached hydrogens (primary N) is 1. The Morgan fingerprint density at radius 3 is 2.33 bits per heavy atom. The fourth-order valence-electron chi connectivity index (χ4n) is 4.25. The number of para-hydroxylation sites is 1. The zero-order valence-corrected chi connectivity index (χ0v) is 21.1. The van der Waals surface area contributed by atoms with Crippen LogP contribution < -0.4 is 10.1 Å². The first-order chi connectivity index (χ1) is 17.0. The molecule has 3 rings (SSSR count). The highest BCUT2D eigenvalue weighted by atomic mass is 32.2. The second-order valence-corrected chi connectivity index (χ2v) is 10.3. The quantitative estimate of drug-likeness (QED) is 0.245. The van der Waals surface area contributed by atoms with Crippen LogP contribution in [0.3, 0.4) is 0 Å². The summed E-state index contributed by atoms with van der Waals surface area (Å²) in [5.74, 6) is 4.95. The van der Waals surface area contributed by atoms with Crippen molar-refractivity contribution in [2.75, 3.05) is 24.0 Å². The van der Waals surface area contributed by atoms with Crippen LogP contribution in [0.5, 0.6) is 0 Å². The van der Waals surface area contributed by atoms with E-state index < -0.39 is 23.2 Å². The van der Waals surface area contributed by atoms with Crippen molar-refractivity contribution in [1.82, 2.24) is 14.2 Å². The summed E-state index contributed by atoms with van der Waals surface area (Å²) in [4.78, 5) is 18.0. The van der Waals surface area contributed by atoms with Gasteiger partial charge in [-0.2, -0.15) is 12.7 Å². The zero-order valence-electron chi connectivity index (χ0n) is 20.3. The Morgan fingerprint density at radius 1 is 1.19 bits per heavy atom. The Hall–Kier alpha value is -3.32. The Labute approximate surface area is 209 Å². The standard InChI is InChI=1S/C23H30F2N6O4S/c1-16-12-29(13-17(2)31(16)18(3)32)36(33,34)30(21-7-5-4-6-8-21)14-20-10-9-19(11-27-20)23(28-26)35-15-22(24)25/h4-11,16-17,22H,12-15,26H2,1-3H3/t16-,17+. The Balaban J connectivity index is 1.87. The first-order valence-electron chi connectivity index (χ1n) is 11.3. The monoisotopic (exact) mass is 524 g/mol. The molecule has 0 radical (unpaired) electrons. The average Bonchev–Trinajstić information content (AvgIpc) is 2.83. The fraction of sp³-hybridized carbons (Fsp3) is 0.435. The number of hydrazone groups is 1. The molecule has 2 N–H and O–H groups in total. The molecule has 1 saturated heterocycles. The van der Waals surface area contributed by atoms with E-state index in [1.807, 2.05) is 13.8 Å². The second-order valence-electron chi connectivity index (χ2n) is 8.47. The van der Waals surface area contributed by atoms with Crippen molar-refractivity contribution in [3.63, 3.8) is 0 Å². The maximum Gasteiger partial charge on any atom is 0.304 e. The van der Waals surface area contributed by atoms with E-state index in [9.17, 15) is 22.0 Å². The smallest absolute Gasteiger partial charge is 0.304 e. The maximum absolute atomic E-state index is 13.8. The summed E-state index contributed by atoms with van der Waals surface area (Å²) in [6.45, 7) is 4.46. The number of nitrogens with zero attached hydrogens (tertiary/aromatic N) is 5. The highest BCUT2D eigenvalue weighted by molar-refractivity contribution is 7.90. The minimum absolute atomic E-state index is 0.0880. The third-order valence-electron chi connectivity index (χ3n) is 5.74. The number of carbonyl (C=O) groups excluding carboxylic acids is 1. The molecule has 1 aromatic heterocycles. The third-order valence-corrected chi connectivity index (χ3v) is 7.59. The van der Waals surface area contributed by atoms with Crippen LogP contribution in [-0.2, 0) is 26.3 Å². The first kappa shape index (κ1) is 27.3. The van der Waals surface area contributed by atoms with E-state index in [4.69, 9.17) is 10.6 Å². The van der Waals surface area contributed by atoms with Gasteiger partial charge in [0.1, 0.15) is 0 Å². The van der Waals surface area contributed by atoms with E-state index in [-0.39, 0.29) is 49.1 Å². The number of benzene rings is 1. The molecular weight excluding hydrogens is 494 g/mol. The molecule has 0 aliphatic carbocycles. The molecule has 1 aromatic carbocycles. The van der Waals surface area contributed by atoms with Gasteiger partial charge in [-0.3, -0.25) is 14.1 Å². The summed E-state index contributed by atoms with van der Waals surface area (Å²) in [7, 11) is -4.00. The van der Waals surface area contributed by atoms with Crippen LogP contribution in [0.15, 0.2) is 53.8 Å². The van der Waals surface area contributed by atoms with Gasteiger partial charge in [0.05, 0.1) is 23.5 Å². The van der Waals surface area contributed by atoms with Gasteiger partial charge in [0.2, 0.25) is 11.8 Å². The van der Waals surface area contributed by atoms with Crippen molar-refractivity contribution in [2.24, 2.45) is 10.9 Å². The fourth-order valence-corrected chi connectivity index (χ4v) is 6.02. The summed E-state index contributed by atoms with van der Waals surface area (Å²) >= 11 is 0. The van der Waals surface area contributed by atoms with Gasteiger partial charge in [0.25, 0.3) is 6.43 Å². The number of halogens is 2. The molecule has 1 fully saturated rings. The molecule has 2 atom stereocenters. The van der Waals surface area contributed by atoms with Crippen molar-refractivity contribution < 1.29 is 26.7 Å². The molecule has 10 nitrogen and oxygen atoms in total. The maximum atomic E-state index is 13.8. The molecule has 13 heteroatoms. The molecule has 0 bridgehead atoms. The summed E-state index contributed by atoms with van der Waals surface area (Å²) in [6.07, 6.45) is -1.36. The molecule has 0 spiro atoms. The zero-order chi connectivity index (χ0) is 26.5. The molecule has 1 amide bonds. The van der Waals surface area contributed by atoms with E-state index in [0.29, 0.717) is 11.4 Å². The van der Waals surface area contributed by atoms with Gasteiger partial charge < -0.3 is 15.5 Å². The number of piperazine rings is 1. The Bertz CT molecular complexity index is 1150. The predicted molar refractivity (Wildman–Crippen MR) is 131 cm³/mol. The minimum Gasteiger partial charge on any atom is -0.470 e. The molecule has 2 heterocycles. The third kappa shape index (κ3) is 6.26. The highest BCUT2D eigenvalue weighted by Crippen LogP contribution is 2.26. The van der Waals surface area contributed by atoms with E-state index in [2.05, 4.69) is 10.1 Å². The van der Waals surface area contributed by atoms with Crippen LogP contribution >= 0.6 is 0 Å². The van der Waals surface area contributed by atoms with E-state index in [1.165, 1.54) is 27.8 Å². The van der Waals surface area contributed by atoms with Gasteiger partial charge in [-0.25, -0.2) is 8.78 Å². The summed E-state index contributed by atoms with van der Waals surface area (Å²) < 4.78 is 60.1. The average molecular weight is 525 g/mol. The van der Waals surface area contributed by atoms with E-state index >= 15 is 0 Å². The lowest BCUT2D eigenvalue weighted by molar-refractivity contribution is -0.135. The number of pyridine rings is 1. The number of carbonyl (C=O) groups is 1. The molecule has 36 heavy (non-hydrogen) atoms. The molecule has 1 aliphatic rings. The first-order valence-corrected chi connectivity index (χ1v) is 12.7. The van der Waals surface area contributed by atoms with E-state index in [0.717, 1.165) is 0 Å². The number of hydrogen-bond acceptors (Lipinski definition) is 7. The number of hydrogen-bond donors (Lipinski definition) is 1. The second kappa shape index (κ2) is 11.6. The van der Waals surface area contributed by atoms with Crippen molar-refractivity contribution >= 4 is 27.7 Å². The molecule has 0 unspecified atom stereocenters. The number of aromatic nitrogens is 1. The number of alkyl halides is 2. The van der Waals surface area contributed by atoms with Crippen molar-refractivity contribution in [2.45, 2.75) is 45.8 Å². The van der Waals surface area contributed by atoms with Crippen LogP contribution in [0.4, 0.5) is 14.5 Å². The topological polar surface area (TPSA) is 121 Å². The molecule has 2 aromatic rings. The van der Waals surface area contributed by atoms with Crippen LogP contribution in [0.25, 0.3) is 0 Å². The van der Waals surface area contributed by atoms with Gasteiger partial charge in [0.15, 0.2) is 6.61 Å². The predicted octanol–water partition coefficient (Wildman–Crippen LogP) is 2.18. The molecule has 1 aliphatic heterocycles. The van der Waals surface area contributed by atoms with Crippen LogP contribution in [0.1, 0.15) is 32.0 Å². The summed E-state index contributed by atoms with van der Waals surface area (Å²) in [6, 6.07) is 11.1. The SMILES string of the molecule is CC(=O)N1[C@H](C)CN(S(=O)(=O)N(Cc2ccc(C(=NN)OCC(F)F)cn2)c2ccccc2)C[C@@H]1C. The lowest BCUT2D eigenvalue weighted by Crippen LogP contribution is -2.61. The summed E-state index contributed by atoms with van der Waals surface area (Å²) in [5.41, 5.74) is 1.13. The van der Waals surface area contributed by atoms with Gasteiger partial charge in [-0.15, -0.1) is 5.10 Å². The number of anilines is 1. The number of rotatable bonds is 8. The van der Waals surface area contributed by atoms with Gasteiger partial charge in [0, 0.05) is 38.3 Å². The van der Waals surface area contributed by atoms with Crippen molar-refractivity contribution in [3.05, 3.63) is 59.9 Å². The van der Waals surface area contributed by atoms with Crippen molar-refractivity contribution in [1.29, 1.82) is 0 Å². The largest absolute Gasteiger partial charge is 0.470 e. The number of ether oxygens (including phenoxy) is 1. The van der Waals surface area contributed by atoms with E-state index in [1.54, 1.807) is 41.3 Å². The van der Waals surface area contributed by atoms with Crippen molar-refractivity contribution in [3.8, 4) is 0 Å². The lowest BCUT2D eigenvalue weighted by atomic mass is 10.1. The lowest BCUT2D eigenvalue weighted by Gasteiger charge is -2.44. The molecular formula is C23H30F2N6O4S. The minimum atomic E-state index is -4.00. The normalized spacial score (nSPS) is 19.4. The van der Waals surface area contributed by atoms with Gasteiger partial charge >= 0.3 is 10.2 Å².